The van der Waals surface area contributed by atoms with Gasteiger partial charge in [-0.3, -0.25) is 0 Å². The molecule has 0 saturated heterocycles. The van der Waals surface area contributed by atoms with Crippen molar-refractivity contribution in [3.63, 3.8) is 0 Å². The summed E-state index contributed by atoms with van der Waals surface area (Å²) in [7, 11) is 0. The third-order valence-electron chi connectivity index (χ3n) is 4.11. The number of anilines is 1. The van der Waals surface area contributed by atoms with Gasteiger partial charge < -0.3 is 5.43 Å². The number of nitrogen functional groups attached to an aromatic ring is 1. The molecule has 21 heavy (non-hydrogen) atoms. The highest BCUT2D eigenvalue weighted by Gasteiger charge is 2.20. The Balaban J connectivity index is 2.08. The molecule has 0 bridgehead atoms. The summed E-state index contributed by atoms with van der Waals surface area (Å²) in [5.41, 5.74) is 5.25. The molecular weight excluding hydrogens is 267 g/mol. The second-order valence-electron chi connectivity index (χ2n) is 5.59. The highest BCUT2D eigenvalue weighted by molar-refractivity contribution is 5.62. The molecule has 0 unspecified atom stereocenters. The van der Waals surface area contributed by atoms with Crippen molar-refractivity contribution < 1.29 is 4.39 Å². The Bertz CT molecular complexity index is 651. The molecule has 3 N–H and O–H groups in total. The predicted octanol–water partition coefficient (Wildman–Crippen LogP) is 3.53. The summed E-state index contributed by atoms with van der Waals surface area (Å²) >= 11 is 0. The first-order valence-electron chi connectivity index (χ1n) is 7.29. The van der Waals surface area contributed by atoms with E-state index in [1.807, 2.05) is 13.0 Å². The molecule has 2 aromatic rings. The van der Waals surface area contributed by atoms with E-state index < -0.39 is 0 Å². The Labute approximate surface area is 123 Å². The number of aromatic nitrogens is 2. The van der Waals surface area contributed by atoms with Gasteiger partial charge in [-0.25, -0.2) is 20.2 Å². The fourth-order valence-electron chi connectivity index (χ4n) is 2.93. The van der Waals surface area contributed by atoms with Crippen molar-refractivity contribution >= 4 is 5.82 Å². The van der Waals surface area contributed by atoms with E-state index in [1.165, 1.54) is 25.0 Å². The first kappa shape index (κ1) is 13.9. The van der Waals surface area contributed by atoms with Crippen molar-refractivity contribution in [2.24, 2.45) is 5.84 Å². The molecule has 0 radical (unpaired) electrons. The SMILES string of the molecule is Cc1ccc(F)cc1-c1nc(NN)cc(C2CCCC2)n1. The molecule has 1 aromatic heterocycles. The van der Waals surface area contributed by atoms with E-state index in [9.17, 15) is 4.39 Å². The number of rotatable bonds is 3. The van der Waals surface area contributed by atoms with E-state index in [1.54, 1.807) is 6.07 Å². The highest BCUT2D eigenvalue weighted by atomic mass is 19.1. The van der Waals surface area contributed by atoms with Gasteiger partial charge in [0, 0.05) is 23.2 Å². The standard InChI is InChI=1S/C16H19FN4/c1-10-6-7-12(17)8-13(10)16-19-14(9-15(20-16)21-18)11-4-2-3-5-11/h6-9,11H,2-5,18H2,1H3,(H,19,20,21). The van der Waals surface area contributed by atoms with Crippen LogP contribution in [0, 0.1) is 12.7 Å². The van der Waals surface area contributed by atoms with Gasteiger partial charge in [0.15, 0.2) is 5.82 Å². The lowest BCUT2D eigenvalue weighted by Crippen LogP contribution is -2.11. The zero-order valence-corrected chi connectivity index (χ0v) is 12.1. The third kappa shape index (κ3) is 2.88. The summed E-state index contributed by atoms with van der Waals surface area (Å²) in [6, 6.07) is 6.56. The number of nitrogens with zero attached hydrogens (tertiary/aromatic N) is 2. The molecule has 1 heterocycles. The van der Waals surface area contributed by atoms with Crippen LogP contribution in [0.5, 0.6) is 0 Å². The van der Waals surface area contributed by atoms with Gasteiger partial charge in [0.1, 0.15) is 11.6 Å². The van der Waals surface area contributed by atoms with Crippen molar-refractivity contribution in [1.29, 1.82) is 0 Å². The molecule has 0 amide bonds. The van der Waals surface area contributed by atoms with Gasteiger partial charge in [-0.05, 0) is 37.5 Å². The van der Waals surface area contributed by atoms with Crippen LogP contribution in [0.4, 0.5) is 10.2 Å². The fraction of sp³-hybridized carbons (Fsp3) is 0.375. The van der Waals surface area contributed by atoms with Crippen molar-refractivity contribution in [3.05, 3.63) is 41.3 Å². The molecule has 1 aliphatic carbocycles. The van der Waals surface area contributed by atoms with Gasteiger partial charge in [0.2, 0.25) is 0 Å². The van der Waals surface area contributed by atoms with Crippen molar-refractivity contribution in [1.82, 2.24) is 9.97 Å². The summed E-state index contributed by atoms with van der Waals surface area (Å²) in [6.45, 7) is 1.93. The van der Waals surface area contributed by atoms with E-state index >= 15 is 0 Å². The number of hydrazine groups is 1. The number of hydrogen-bond donors (Lipinski definition) is 2. The van der Waals surface area contributed by atoms with Gasteiger partial charge in [0.05, 0.1) is 0 Å². The van der Waals surface area contributed by atoms with Crippen molar-refractivity contribution in [3.8, 4) is 11.4 Å². The van der Waals surface area contributed by atoms with Gasteiger partial charge in [0.25, 0.3) is 0 Å². The Hall–Kier alpha value is -2.01. The fourth-order valence-corrected chi connectivity index (χ4v) is 2.93. The van der Waals surface area contributed by atoms with Gasteiger partial charge >= 0.3 is 0 Å². The Morgan fingerprint density at radius 1 is 1.19 bits per heavy atom. The molecule has 1 aliphatic rings. The maximum absolute atomic E-state index is 13.5. The van der Waals surface area contributed by atoms with Crippen molar-refractivity contribution in [2.75, 3.05) is 5.43 Å². The second-order valence-corrected chi connectivity index (χ2v) is 5.59. The zero-order valence-electron chi connectivity index (χ0n) is 12.1. The van der Waals surface area contributed by atoms with E-state index in [0.29, 0.717) is 23.1 Å². The first-order valence-corrected chi connectivity index (χ1v) is 7.29. The average Bonchev–Trinajstić information content (AvgIpc) is 3.03. The van der Waals surface area contributed by atoms with Crippen LogP contribution in [0.25, 0.3) is 11.4 Å². The van der Waals surface area contributed by atoms with E-state index in [4.69, 9.17) is 5.84 Å². The summed E-state index contributed by atoms with van der Waals surface area (Å²) < 4.78 is 13.5. The minimum atomic E-state index is -0.285. The van der Waals surface area contributed by atoms with Crippen molar-refractivity contribution in [2.45, 2.75) is 38.5 Å². The molecule has 1 fully saturated rings. The average molecular weight is 286 g/mol. The van der Waals surface area contributed by atoms with Crippen LogP contribution in [0.1, 0.15) is 42.9 Å². The molecule has 0 atom stereocenters. The summed E-state index contributed by atoms with van der Waals surface area (Å²) in [6.07, 6.45) is 4.74. The lowest BCUT2D eigenvalue weighted by molar-refractivity contribution is 0.627. The second kappa shape index (κ2) is 5.77. The molecular formula is C16H19FN4. The zero-order chi connectivity index (χ0) is 14.8. The molecule has 1 saturated carbocycles. The number of aryl methyl sites for hydroxylation is 1. The largest absolute Gasteiger partial charge is 0.308 e. The maximum Gasteiger partial charge on any atom is 0.162 e. The molecule has 3 rings (SSSR count). The topological polar surface area (TPSA) is 63.8 Å². The lowest BCUT2D eigenvalue weighted by atomic mass is 10.0. The third-order valence-corrected chi connectivity index (χ3v) is 4.11. The van der Waals surface area contributed by atoms with E-state index in [0.717, 1.165) is 24.1 Å². The number of benzene rings is 1. The minimum absolute atomic E-state index is 0.285. The summed E-state index contributed by atoms with van der Waals surface area (Å²) in [5.74, 6) is 6.79. The Kier molecular flexibility index (Phi) is 3.84. The Morgan fingerprint density at radius 3 is 2.67 bits per heavy atom. The quantitative estimate of drug-likeness (QED) is 0.669. The smallest absolute Gasteiger partial charge is 0.162 e. The number of nitrogens with two attached hydrogens (primary N) is 1. The molecule has 4 nitrogen and oxygen atoms in total. The van der Waals surface area contributed by atoms with Crippen LogP contribution < -0.4 is 11.3 Å². The maximum atomic E-state index is 13.5. The molecule has 0 aliphatic heterocycles. The summed E-state index contributed by atoms with van der Waals surface area (Å²) in [4.78, 5) is 9.04. The monoisotopic (exact) mass is 286 g/mol. The molecule has 110 valence electrons. The van der Waals surface area contributed by atoms with Gasteiger partial charge in [-0.1, -0.05) is 18.9 Å². The normalized spacial score (nSPS) is 15.4. The van der Waals surface area contributed by atoms with E-state index in [-0.39, 0.29) is 5.82 Å². The predicted molar refractivity (Wildman–Crippen MR) is 81.2 cm³/mol. The number of halogens is 1. The van der Waals surface area contributed by atoms with Crippen LogP contribution in [-0.2, 0) is 0 Å². The van der Waals surface area contributed by atoms with Crippen LogP contribution in [0.2, 0.25) is 0 Å². The van der Waals surface area contributed by atoms with Gasteiger partial charge in [-0.15, -0.1) is 0 Å². The first-order chi connectivity index (χ1) is 10.2. The highest BCUT2D eigenvalue weighted by Crippen LogP contribution is 2.35. The number of nitrogens with one attached hydrogen (secondary N) is 1. The summed E-state index contributed by atoms with van der Waals surface area (Å²) in [5, 5.41) is 0. The van der Waals surface area contributed by atoms with Crippen LogP contribution in [0.15, 0.2) is 24.3 Å². The van der Waals surface area contributed by atoms with Gasteiger partial charge in [-0.2, -0.15) is 0 Å². The van der Waals surface area contributed by atoms with Crippen LogP contribution in [-0.4, -0.2) is 9.97 Å². The molecule has 1 aromatic carbocycles. The number of hydrogen-bond acceptors (Lipinski definition) is 4. The van der Waals surface area contributed by atoms with Crippen LogP contribution >= 0.6 is 0 Å². The minimum Gasteiger partial charge on any atom is -0.308 e. The molecule has 5 heteroatoms. The van der Waals surface area contributed by atoms with Crippen LogP contribution in [0.3, 0.4) is 0 Å². The lowest BCUT2D eigenvalue weighted by Gasteiger charge is -2.13. The van der Waals surface area contributed by atoms with E-state index in [2.05, 4.69) is 15.4 Å². The molecule has 0 spiro atoms. The Morgan fingerprint density at radius 2 is 1.95 bits per heavy atom.